The SMILES string of the molecule is CCc1n[nH]c(=S)n1NCc1ccc(OCCc2ccccc2)c(OC)c1. The Kier molecular flexibility index (Phi) is 6.49. The van der Waals surface area contributed by atoms with E-state index in [1.807, 2.05) is 43.3 Å². The summed E-state index contributed by atoms with van der Waals surface area (Å²) in [5.74, 6) is 2.33. The number of rotatable bonds is 9. The highest BCUT2D eigenvalue weighted by atomic mass is 32.1. The normalized spacial score (nSPS) is 10.6. The molecule has 142 valence electrons. The predicted octanol–water partition coefficient (Wildman–Crippen LogP) is 3.88. The Balaban J connectivity index is 1.61. The Bertz CT molecular complexity index is 921. The highest BCUT2D eigenvalue weighted by Crippen LogP contribution is 2.28. The quantitative estimate of drug-likeness (QED) is 0.548. The smallest absolute Gasteiger partial charge is 0.214 e. The second-order valence-electron chi connectivity index (χ2n) is 6.04. The number of ether oxygens (including phenoxy) is 2. The molecule has 2 aromatic carbocycles. The molecule has 1 aromatic heterocycles. The van der Waals surface area contributed by atoms with Gasteiger partial charge in [0.05, 0.1) is 20.3 Å². The average molecular weight is 385 g/mol. The van der Waals surface area contributed by atoms with Gasteiger partial charge >= 0.3 is 0 Å². The number of aromatic nitrogens is 3. The lowest BCUT2D eigenvalue weighted by atomic mass is 10.2. The zero-order valence-electron chi connectivity index (χ0n) is 15.6. The highest BCUT2D eigenvalue weighted by molar-refractivity contribution is 7.71. The highest BCUT2D eigenvalue weighted by Gasteiger charge is 2.08. The van der Waals surface area contributed by atoms with Crippen LogP contribution in [0.4, 0.5) is 0 Å². The van der Waals surface area contributed by atoms with Crippen LogP contribution in [0.3, 0.4) is 0 Å². The van der Waals surface area contributed by atoms with E-state index >= 15 is 0 Å². The third kappa shape index (κ3) is 4.89. The molecule has 0 aliphatic carbocycles. The maximum atomic E-state index is 5.91. The number of H-pyrrole nitrogens is 1. The van der Waals surface area contributed by atoms with Crippen molar-refractivity contribution in [3.8, 4) is 11.5 Å². The number of nitrogens with zero attached hydrogens (tertiary/aromatic N) is 2. The van der Waals surface area contributed by atoms with Gasteiger partial charge in [0.1, 0.15) is 0 Å². The molecule has 7 heteroatoms. The molecule has 0 amide bonds. The number of nitrogens with one attached hydrogen (secondary N) is 2. The van der Waals surface area contributed by atoms with E-state index in [2.05, 4.69) is 27.8 Å². The molecule has 0 bridgehead atoms. The van der Waals surface area contributed by atoms with Gasteiger partial charge in [0.15, 0.2) is 17.3 Å². The summed E-state index contributed by atoms with van der Waals surface area (Å²) in [4.78, 5) is 0. The topological polar surface area (TPSA) is 64.1 Å². The van der Waals surface area contributed by atoms with Crippen molar-refractivity contribution in [3.63, 3.8) is 0 Å². The first-order valence-corrected chi connectivity index (χ1v) is 9.36. The van der Waals surface area contributed by atoms with E-state index in [4.69, 9.17) is 21.7 Å². The molecular formula is C20H24N4O2S. The fourth-order valence-corrected chi connectivity index (χ4v) is 2.98. The first-order valence-electron chi connectivity index (χ1n) is 8.95. The lowest BCUT2D eigenvalue weighted by Gasteiger charge is -2.14. The minimum atomic E-state index is 0.555. The maximum absolute atomic E-state index is 5.91. The lowest BCUT2D eigenvalue weighted by Crippen LogP contribution is -2.17. The van der Waals surface area contributed by atoms with Crippen LogP contribution in [0.15, 0.2) is 48.5 Å². The fourth-order valence-electron chi connectivity index (χ4n) is 2.76. The zero-order valence-corrected chi connectivity index (χ0v) is 16.4. The molecule has 3 aromatic rings. The van der Waals surface area contributed by atoms with Gasteiger partial charge in [-0.3, -0.25) is 5.10 Å². The number of hydrogen-bond donors (Lipinski definition) is 2. The van der Waals surface area contributed by atoms with Crippen molar-refractivity contribution in [2.24, 2.45) is 0 Å². The Labute approximate surface area is 164 Å². The second kappa shape index (κ2) is 9.23. The van der Waals surface area contributed by atoms with Gasteiger partial charge in [-0.1, -0.05) is 43.3 Å². The number of hydrogen-bond acceptors (Lipinski definition) is 5. The maximum Gasteiger partial charge on any atom is 0.214 e. The number of benzene rings is 2. The minimum Gasteiger partial charge on any atom is -0.493 e. The first-order chi connectivity index (χ1) is 13.2. The molecule has 0 aliphatic rings. The van der Waals surface area contributed by atoms with Crippen molar-refractivity contribution < 1.29 is 9.47 Å². The van der Waals surface area contributed by atoms with Crippen molar-refractivity contribution in [3.05, 3.63) is 70.3 Å². The third-order valence-corrected chi connectivity index (χ3v) is 4.49. The monoisotopic (exact) mass is 384 g/mol. The average Bonchev–Trinajstić information content (AvgIpc) is 3.07. The molecule has 3 rings (SSSR count). The lowest BCUT2D eigenvalue weighted by molar-refractivity contribution is 0.297. The molecule has 6 nitrogen and oxygen atoms in total. The fraction of sp³-hybridized carbons (Fsp3) is 0.300. The molecule has 2 N–H and O–H groups in total. The summed E-state index contributed by atoms with van der Waals surface area (Å²) in [6.45, 7) is 3.23. The summed E-state index contributed by atoms with van der Waals surface area (Å²) in [6, 6.07) is 16.2. The Hall–Kier alpha value is -2.80. The molecule has 0 spiro atoms. The van der Waals surface area contributed by atoms with Gasteiger partial charge in [-0.15, -0.1) is 0 Å². The van der Waals surface area contributed by atoms with Crippen molar-refractivity contribution >= 4 is 12.2 Å². The van der Waals surface area contributed by atoms with Crippen molar-refractivity contribution in [2.75, 3.05) is 19.1 Å². The number of methoxy groups -OCH3 is 1. The molecule has 0 radical (unpaired) electrons. The van der Waals surface area contributed by atoms with Crippen LogP contribution < -0.4 is 14.9 Å². The predicted molar refractivity (Wildman–Crippen MR) is 108 cm³/mol. The summed E-state index contributed by atoms with van der Waals surface area (Å²) in [5, 5.41) is 6.99. The molecule has 0 saturated carbocycles. The molecule has 0 atom stereocenters. The van der Waals surface area contributed by atoms with E-state index in [9.17, 15) is 0 Å². The van der Waals surface area contributed by atoms with Crippen LogP contribution in [0.2, 0.25) is 0 Å². The Morgan fingerprint density at radius 3 is 2.67 bits per heavy atom. The van der Waals surface area contributed by atoms with Gasteiger partial charge in [0, 0.05) is 12.8 Å². The van der Waals surface area contributed by atoms with Crippen LogP contribution in [0.1, 0.15) is 23.9 Å². The summed E-state index contributed by atoms with van der Waals surface area (Å²) >= 11 is 5.25. The van der Waals surface area contributed by atoms with E-state index in [0.29, 0.717) is 23.7 Å². The molecule has 1 heterocycles. The van der Waals surface area contributed by atoms with Gasteiger partial charge in [-0.05, 0) is 35.5 Å². The molecule has 0 fully saturated rings. The van der Waals surface area contributed by atoms with Gasteiger partial charge < -0.3 is 14.9 Å². The second-order valence-corrected chi connectivity index (χ2v) is 6.42. The van der Waals surface area contributed by atoms with Gasteiger partial charge in [-0.25, -0.2) is 4.68 Å². The molecule has 0 saturated heterocycles. The van der Waals surface area contributed by atoms with E-state index in [-0.39, 0.29) is 0 Å². The van der Waals surface area contributed by atoms with E-state index in [1.54, 1.807) is 11.8 Å². The first kappa shape index (κ1) is 19.0. The van der Waals surface area contributed by atoms with Crippen molar-refractivity contribution in [1.29, 1.82) is 0 Å². The molecule has 0 aliphatic heterocycles. The Morgan fingerprint density at radius 1 is 1.11 bits per heavy atom. The van der Waals surface area contributed by atoms with Gasteiger partial charge in [-0.2, -0.15) is 5.10 Å². The standard InChI is InChI=1S/C20H24N4O2S/c1-3-19-22-23-20(27)24(19)21-14-16-9-10-17(18(13-16)25-2)26-12-11-15-7-5-4-6-8-15/h4-10,13,21H,3,11-12,14H2,1-2H3,(H,23,27). The van der Waals surface area contributed by atoms with Crippen LogP contribution in [0.5, 0.6) is 11.5 Å². The molecular weight excluding hydrogens is 360 g/mol. The molecule has 27 heavy (non-hydrogen) atoms. The Morgan fingerprint density at radius 2 is 1.93 bits per heavy atom. The minimum absolute atomic E-state index is 0.555. The van der Waals surface area contributed by atoms with Crippen LogP contribution in [-0.2, 0) is 19.4 Å². The summed E-state index contributed by atoms with van der Waals surface area (Å²) in [5.41, 5.74) is 5.60. The third-order valence-electron chi connectivity index (χ3n) is 4.22. The van der Waals surface area contributed by atoms with Crippen LogP contribution in [0.25, 0.3) is 0 Å². The summed E-state index contributed by atoms with van der Waals surface area (Å²) in [7, 11) is 1.65. The van der Waals surface area contributed by atoms with Gasteiger partial charge in [0.25, 0.3) is 0 Å². The van der Waals surface area contributed by atoms with E-state index in [1.165, 1.54) is 5.56 Å². The summed E-state index contributed by atoms with van der Waals surface area (Å²) < 4.78 is 13.8. The van der Waals surface area contributed by atoms with Crippen LogP contribution >= 0.6 is 12.2 Å². The molecule has 0 unspecified atom stereocenters. The van der Waals surface area contributed by atoms with E-state index in [0.717, 1.165) is 30.0 Å². The van der Waals surface area contributed by atoms with Crippen molar-refractivity contribution in [1.82, 2.24) is 14.9 Å². The van der Waals surface area contributed by atoms with Crippen molar-refractivity contribution in [2.45, 2.75) is 26.3 Å². The van der Waals surface area contributed by atoms with Gasteiger partial charge in [0.2, 0.25) is 4.77 Å². The number of aromatic amines is 1. The van der Waals surface area contributed by atoms with Crippen LogP contribution in [-0.4, -0.2) is 28.6 Å². The zero-order chi connectivity index (χ0) is 19.1. The number of aryl methyl sites for hydroxylation is 1. The summed E-state index contributed by atoms with van der Waals surface area (Å²) in [6.07, 6.45) is 1.64. The van der Waals surface area contributed by atoms with E-state index < -0.39 is 0 Å². The largest absolute Gasteiger partial charge is 0.493 e. The van der Waals surface area contributed by atoms with Crippen LogP contribution in [0, 0.1) is 4.77 Å².